The molecule has 18 heavy (non-hydrogen) atoms. The molecule has 0 aliphatic carbocycles. The van der Waals surface area contributed by atoms with Crippen LogP contribution < -0.4 is 4.74 Å². The second-order valence-electron chi connectivity index (χ2n) is 4.59. The minimum atomic E-state index is -0.777. The van der Waals surface area contributed by atoms with Crippen LogP contribution in [0.15, 0.2) is 18.2 Å². The summed E-state index contributed by atoms with van der Waals surface area (Å²) in [5, 5.41) is 9.83. The van der Waals surface area contributed by atoms with E-state index in [-0.39, 0.29) is 17.2 Å². The van der Waals surface area contributed by atoms with Crippen LogP contribution in [-0.4, -0.2) is 41.7 Å². The van der Waals surface area contributed by atoms with Gasteiger partial charge in [-0.15, -0.1) is 0 Å². The molecule has 1 amide bonds. The van der Waals surface area contributed by atoms with E-state index < -0.39 is 11.4 Å². The largest absolute Gasteiger partial charge is 0.494 e. The van der Waals surface area contributed by atoms with Gasteiger partial charge in [-0.3, -0.25) is 4.79 Å². The zero-order valence-corrected chi connectivity index (χ0v) is 10.4. The lowest BCUT2D eigenvalue weighted by Gasteiger charge is -2.46. The van der Waals surface area contributed by atoms with E-state index in [4.69, 9.17) is 4.74 Å². The molecule has 0 aromatic heterocycles. The molecule has 1 aliphatic heterocycles. The number of hydrogen-bond donors (Lipinski definition) is 1. The van der Waals surface area contributed by atoms with Crippen molar-refractivity contribution in [2.24, 2.45) is 0 Å². The molecule has 1 heterocycles. The van der Waals surface area contributed by atoms with E-state index in [0.717, 1.165) is 6.07 Å². The van der Waals surface area contributed by atoms with Crippen molar-refractivity contribution in [1.29, 1.82) is 0 Å². The maximum Gasteiger partial charge on any atom is 0.254 e. The van der Waals surface area contributed by atoms with Crippen molar-refractivity contribution in [2.75, 3.05) is 20.2 Å². The average Bonchev–Trinajstić information content (AvgIpc) is 2.34. The fourth-order valence-corrected chi connectivity index (χ4v) is 2.01. The Morgan fingerprint density at radius 1 is 1.56 bits per heavy atom. The van der Waals surface area contributed by atoms with E-state index in [9.17, 15) is 14.3 Å². The van der Waals surface area contributed by atoms with Crippen LogP contribution in [0.2, 0.25) is 0 Å². The monoisotopic (exact) mass is 253 g/mol. The van der Waals surface area contributed by atoms with E-state index in [1.54, 1.807) is 0 Å². The van der Waals surface area contributed by atoms with Crippen LogP contribution in [-0.2, 0) is 0 Å². The highest BCUT2D eigenvalue weighted by molar-refractivity contribution is 5.95. The van der Waals surface area contributed by atoms with Crippen molar-refractivity contribution in [1.82, 2.24) is 4.90 Å². The molecule has 1 N–H and O–H groups in total. The first-order valence-electron chi connectivity index (χ1n) is 5.84. The summed E-state index contributed by atoms with van der Waals surface area (Å²) in [6, 6.07) is 4.10. The smallest absolute Gasteiger partial charge is 0.254 e. The highest BCUT2D eigenvalue weighted by Crippen LogP contribution is 2.26. The lowest BCUT2D eigenvalue weighted by molar-refractivity contribution is -0.0826. The summed E-state index contributed by atoms with van der Waals surface area (Å²) in [6.07, 6.45) is 0.605. The van der Waals surface area contributed by atoms with Gasteiger partial charge in [0.05, 0.1) is 25.8 Å². The molecule has 5 heteroatoms. The van der Waals surface area contributed by atoms with Gasteiger partial charge >= 0.3 is 0 Å². The summed E-state index contributed by atoms with van der Waals surface area (Å²) < 4.78 is 18.3. The van der Waals surface area contributed by atoms with Crippen LogP contribution in [0.1, 0.15) is 23.7 Å². The van der Waals surface area contributed by atoms with Crippen molar-refractivity contribution in [3.05, 3.63) is 29.6 Å². The predicted octanol–water partition coefficient (Wildman–Crippen LogP) is 1.43. The average molecular weight is 253 g/mol. The Morgan fingerprint density at radius 2 is 2.22 bits per heavy atom. The number of benzene rings is 1. The number of likely N-dealkylation sites (tertiary alicyclic amines) is 1. The Bertz CT molecular complexity index is 469. The van der Waals surface area contributed by atoms with Crippen LogP contribution >= 0.6 is 0 Å². The highest BCUT2D eigenvalue weighted by atomic mass is 19.1. The molecule has 0 unspecified atom stereocenters. The molecule has 0 atom stereocenters. The highest BCUT2D eigenvalue weighted by Gasteiger charge is 2.42. The SMILES string of the molecule is CCC1(O)CN(C(=O)c2ccc(OC)c(F)c2)C1. The van der Waals surface area contributed by atoms with E-state index in [1.165, 1.54) is 24.1 Å². The quantitative estimate of drug-likeness (QED) is 0.886. The Hall–Kier alpha value is -1.62. The Kier molecular flexibility index (Phi) is 3.26. The van der Waals surface area contributed by atoms with Crippen LogP contribution in [0.3, 0.4) is 0 Å². The summed E-state index contributed by atoms with van der Waals surface area (Å²) in [7, 11) is 1.37. The molecule has 1 aliphatic rings. The molecule has 1 aromatic rings. The molecule has 1 fully saturated rings. The standard InChI is InChI=1S/C13H16FNO3/c1-3-13(17)7-15(8-13)12(16)9-4-5-11(18-2)10(14)6-9/h4-6,17H,3,7-8H2,1-2H3. The first-order chi connectivity index (χ1) is 8.49. The summed E-state index contributed by atoms with van der Waals surface area (Å²) >= 11 is 0. The number of aliphatic hydroxyl groups is 1. The number of nitrogens with zero attached hydrogens (tertiary/aromatic N) is 1. The molecule has 1 aromatic carbocycles. The number of methoxy groups -OCH3 is 1. The number of β-amino-alcohol motifs (C(OH)–C–C–N with tert-alkyl or cyclic N) is 1. The molecule has 0 bridgehead atoms. The van der Waals surface area contributed by atoms with Crippen molar-refractivity contribution in [3.63, 3.8) is 0 Å². The van der Waals surface area contributed by atoms with Gasteiger partial charge in [0.2, 0.25) is 0 Å². The van der Waals surface area contributed by atoms with Gasteiger partial charge in [-0.25, -0.2) is 4.39 Å². The third-order valence-corrected chi connectivity index (χ3v) is 3.31. The van der Waals surface area contributed by atoms with E-state index in [2.05, 4.69) is 0 Å². The Labute approximate surface area is 105 Å². The van der Waals surface area contributed by atoms with Gasteiger partial charge in [-0.1, -0.05) is 6.92 Å². The number of carbonyl (C=O) groups is 1. The van der Waals surface area contributed by atoms with Gasteiger partial charge in [0.25, 0.3) is 5.91 Å². The van der Waals surface area contributed by atoms with Gasteiger partial charge in [0.15, 0.2) is 11.6 Å². The molecular formula is C13H16FNO3. The first kappa shape index (κ1) is 12.8. The summed E-state index contributed by atoms with van der Waals surface area (Å²) in [6.45, 7) is 2.47. The lowest BCUT2D eigenvalue weighted by atomic mass is 9.90. The van der Waals surface area contributed by atoms with Crippen LogP contribution in [0.25, 0.3) is 0 Å². The molecule has 98 valence electrons. The van der Waals surface area contributed by atoms with Crippen LogP contribution in [0.4, 0.5) is 4.39 Å². The van der Waals surface area contributed by atoms with Gasteiger partial charge < -0.3 is 14.7 Å². The zero-order valence-electron chi connectivity index (χ0n) is 10.4. The number of halogens is 1. The maximum absolute atomic E-state index is 13.5. The maximum atomic E-state index is 13.5. The summed E-state index contributed by atoms with van der Waals surface area (Å²) in [5.41, 5.74) is -0.507. The fraction of sp³-hybridized carbons (Fsp3) is 0.462. The topological polar surface area (TPSA) is 49.8 Å². The predicted molar refractivity (Wildman–Crippen MR) is 64.1 cm³/mol. The molecule has 0 saturated carbocycles. The molecule has 0 radical (unpaired) electrons. The van der Waals surface area contributed by atoms with Crippen LogP contribution in [0, 0.1) is 5.82 Å². The molecule has 4 nitrogen and oxygen atoms in total. The summed E-state index contributed by atoms with van der Waals surface area (Å²) in [5.74, 6) is -0.718. The second-order valence-corrected chi connectivity index (χ2v) is 4.59. The number of amides is 1. The number of carbonyl (C=O) groups excluding carboxylic acids is 1. The van der Waals surface area contributed by atoms with Gasteiger partial charge in [0, 0.05) is 5.56 Å². The second kappa shape index (κ2) is 4.57. The fourth-order valence-electron chi connectivity index (χ4n) is 2.01. The number of hydrogen-bond acceptors (Lipinski definition) is 3. The Morgan fingerprint density at radius 3 is 2.72 bits per heavy atom. The third-order valence-electron chi connectivity index (χ3n) is 3.31. The van der Waals surface area contributed by atoms with Gasteiger partial charge in [-0.05, 0) is 24.6 Å². The third kappa shape index (κ3) is 2.18. The van der Waals surface area contributed by atoms with Crippen molar-refractivity contribution in [2.45, 2.75) is 18.9 Å². The van der Waals surface area contributed by atoms with E-state index >= 15 is 0 Å². The van der Waals surface area contributed by atoms with Crippen molar-refractivity contribution < 1.29 is 19.0 Å². The van der Waals surface area contributed by atoms with E-state index in [1.807, 2.05) is 6.92 Å². The minimum Gasteiger partial charge on any atom is -0.494 e. The molecular weight excluding hydrogens is 237 g/mol. The van der Waals surface area contributed by atoms with E-state index in [0.29, 0.717) is 19.5 Å². The lowest BCUT2D eigenvalue weighted by Crippen LogP contribution is -2.63. The summed E-state index contributed by atoms with van der Waals surface area (Å²) in [4.78, 5) is 13.5. The Balaban J connectivity index is 2.09. The molecule has 2 rings (SSSR count). The van der Waals surface area contributed by atoms with Crippen LogP contribution in [0.5, 0.6) is 5.75 Å². The molecule has 0 spiro atoms. The first-order valence-corrected chi connectivity index (χ1v) is 5.84. The number of rotatable bonds is 3. The number of ether oxygens (including phenoxy) is 1. The minimum absolute atomic E-state index is 0.111. The molecule has 1 saturated heterocycles. The van der Waals surface area contributed by atoms with Gasteiger partial charge in [-0.2, -0.15) is 0 Å². The van der Waals surface area contributed by atoms with Gasteiger partial charge in [0.1, 0.15) is 0 Å². The van der Waals surface area contributed by atoms with Crippen molar-refractivity contribution >= 4 is 5.91 Å². The zero-order chi connectivity index (χ0) is 13.3. The van der Waals surface area contributed by atoms with Crippen molar-refractivity contribution in [3.8, 4) is 5.75 Å². The normalized spacial score (nSPS) is 17.2.